The van der Waals surface area contributed by atoms with Crippen molar-refractivity contribution in [1.29, 1.82) is 0 Å². The highest BCUT2D eigenvalue weighted by Gasteiger charge is 2.38. The maximum absolute atomic E-state index is 13.4. The number of amides is 1. The first-order valence-electron chi connectivity index (χ1n) is 9.46. The Hall–Kier alpha value is -2.54. The molecule has 2 atom stereocenters. The molecule has 0 saturated heterocycles. The number of aliphatic hydroxyl groups excluding tert-OH is 1. The van der Waals surface area contributed by atoms with Gasteiger partial charge in [0.05, 0.1) is 24.7 Å². The van der Waals surface area contributed by atoms with Crippen LogP contribution in [0, 0.1) is 5.92 Å². The summed E-state index contributed by atoms with van der Waals surface area (Å²) in [5.74, 6) is -0.810. The number of unbranched alkanes of at least 4 members (excludes halogenated alkanes) is 1. The van der Waals surface area contributed by atoms with Gasteiger partial charge in [0.1, 0.15) is 5.75 Å². The third kappa shape index (κ3) is 5.50. The summed E-state index contributed by atoms with van der Waals surface area (Å²) in [4.78, 5) is 14.5. The molecular formula is C22H26F3NO3. The molecule has 0 bridgehead atoms. The maximum Gasteiger partial charge on any atom is 0.416 e. The molecule has 0 aliphatic carbocycles. The van der Waals surface area contributed by atoms with E-state index in [1.54, 1.807) is 31.3 Å². The summed E-state index contributed by atoms with van der Waals surface area (Å²) in [6, 6.07) is 11.6. The van der Waals surface area contributed by atoms with Crippen molar-refractivity contribution in [2.24, 2.45) is 5.92 Å². The Labute approximate surface area is 168 Å². The SMILES string of the molecule is CCCC[C@@H](C(=O)N(C)c1ccc(OC)cc1)[C@H](O)c1ccccc1C(F)(F)F. The number of benzene rings is 2. The number of hydrogen-bond donors (Lipinski definition) is 1. The minimum absolute atomic E-state index is 0.280. The molecule has 0 aliphatic rings. The average Bonchev–Trinajstić information content (AvgIpc) is 2.72. The quantitative estimate of drug-likeness (QED) is 0.651. The van der Waals surface area contributed by atoms with E-state index in [2.05, 4.69) is 0 Å². The number of carbonyl (C=O) groups excluding carboxylic acids is 1. The van der Waals surface area contributed by atoms with Crippen molar-refractivity contribution in [3.8, 4) is 5.75 Å². The number of alkyl halides is 3. The highest BCUT2D eigenvalue weighted by atomic mass is 19.4. The number of carbonyl (C=O) groups is 1. The number of aliphatic hydroxyl groups is 1. The number of anilines is 1. The highest BCUT2D eigenvalue weighted by Crippen LogP contribution is 2.38. The van der Waals surface area contributed by atoms with Gasteiger partial charge in [0.15, 0.2) is 0 Å². The lowest BCUT2D eigenvalue weighted by Gasteiger charge is -2.29. The minimum Gasteiger partial charge on any atom is -0.497 e. The molecule has 7 heteroatoms. The predicted octanol–water partition coefficient (Wildman–Crippen LogP) is 5.22. The number of halogens is 3. The van der Waals surface area contributed by atoms with Gasteiger partial charge < -0.3 is 14.7 Å². The molecule has 0 radical (unpaired) electrons. The van der Waals surface area contributed by atoms with E-state index >= 15 is 0 Å². The van der Waals surface area contributed by atoms with Crippen molar-refractivity contribution in [2.75, 3.05) is 19.1 Å². The zero-order valence-corrected chi connectivity index (χ0v) is 16.7. The van der Waals surface area contributed by atoms with Crippen LogP contribution in [0.2, 0.25) is 0 Å². The monoisotopic (exact) mass is 409 g/mol. The zero-order valence-electron chi connectivity index (χ0n) is 16.7. The Morgan fingerprint density at radius 2 is 1.76 bits per heavy atom. The van der Waals surface area contributed by atoms with Gasteiger partial charge in [-0.15, -0.1) is 0 Å². The van der Waals surface area contributed by atoms with Crippen LogP contribution >= 0.6 is 0 Å². The fourth-order valence-electron chi connectivity index (χ4n) is 3.25. The number of nitrogens with zero attached hydrogens (tertiary/aromatic N) is 1. The second kappa shape index (κ2) is 9.78. The van der Waals surface area contributed by atoms with Crippen LogP contribution in [0.25, 0.3) is 0 Å². The molecule has 0 heterocycles. The molecule has 0 fully saturated rings. The second-order valence-electron chi connectivity index (χ2n) is 6.87. The lowest BCUT2D eigenvalue weighted by atomic mass is 9.87. The molecule has 4 nitrogen and oxygen atoms in total. The molecule has 29 heavy (non-hydrogen) atoms. The summed E-state index contributed by atoms with van der Waals surface area (Å²) in [5.41, 5.74) is -0.639. The number of methoxy groups -OCH3 is 1. The van der Waals surface area contributed by atoms with Crippen molar-refractivity contribution in [3.05, 3.63) is 59.7 Å². The number of hydrogen-bond acceptors (Lipinski definition) is 3. The first-order chi connectivity index (χ1) is 13.7. The fourth-order valence-corrected chi connectivity index (χ4v) is 3.25. The summed E-state index contributed by atoms with van der Waals surface area (Å²) < 4.78 is 45.3. The summed E-state index contributed by atoms with van der Waals surface area (Å²) >= 11 is 0. The Kier molecular flexibility index (Phi) is 7.67. The van der Waals surface area contributed by atoms with E-state index in [0.29, 0.717) is 17.9 Å². The van der Waals surface area contributed by atoms with E-state index in [4.69, 9.17) is 4.74 Å². The van der Waals surface area contributed by atoms with Gasteiger partial charge in [-0.25, -0.2) is 0 Å². The molecule has 0 aliphatic heterocycles. The standard InChI is InChI=1S/C22H26F3NO3/c1-4-5-8-18(20(27)17-9-6-7-10-19(17)22(23,24)25)21(28)26(2)15-11-13-16(29-3)14-12-15/h6-7,9-14,18,20,27H,4-5,8H2,1-3H3/t18-,20-/m1/s1. The van der Waals surface area contributed by atoms with Crippen LogP contribution in [0.3, 0.4) is 0 Å². The summed E-state index contributed by atoms with van der Waals surface area (Å²) in [7, 11) is 3.07. The predicted molar refractivity (Wildman–Crippen MR) is 106 cm³/mol. The van der Waals surface area contributed by atoms with Crippen molar-refractivity contribution in [2.45, 2.75) is 38.5 Å². The van der Waals surface area contributed by atoms with Crippen LogP contribution in [0.5, 0.6) is 5.75 Å². The van der Waals surface area contributed by atoms with Crippen molar-refractivity contribution in [1.82, 2.24) is 0 Å². The van der Waals surface area contributed by atoms with E-state index in [1.807, 2.05) is 6.92 Å². The Morgan fingerprint density at radius 1 is 1.14 bits per heavy atom. The van der Waals surface area contributed by atoms with Gasteiger partial charge in [0, 0.05) is 12.7 Å². The van der Waals surface area contributed by atoms with Gasteiger partial charge in [-0.05, 0) is 42.3 Å². The molecule has 0 saturated carbocycles. The van der Waals surface area contributed by atoms with Gasteiger partial charge in [-0.3, -0.25) is 4.79 Å². The van der Waals surface area contributed by atoms with Crippen molar-refractivity contribution >= 4 is 11.6 Å². The number of rotatable bonds is 8. The third-order valence-electron chi connectivity index (χ3n) is 4.94. The lowest BCUT2D eigenvalue weighted by molar-refractivity contribution is -0.140. The second-order valence-corrected chi connectivity index (χ2v) is 6.87. The molecule has 1 amide bonds. The van der Waals surface area contributed by atoms with Gasteiger partial charge >= 0.3 is 6.18 Å². The summed E-state index contributed by atoms with van der Waals surface area (Å²) in [5, 5.41) is 10.8. The molecule has 158 valence electrons. The van der Waals surface area contributed by atoms with E-state index in [1.165, 1.54) is 30.2 Å². The Balaban J connectivity index is 2.36. The average molecular weight is 409 g/mol. The highest BCUT2D eigenvalue weighted by molar-refractivity contribution is 5.95. The zero-order chi connectivity index (χ0) is 21.6. The van der Waals surface area contributed by atoms with Crippen molar-refractivity contribution in [3.63, 3.8) is 0 Å². The summed E-state index contributed by atoms with van der Waals surface area (Å²) in [6.45, 7) is 1.92. The van der Waals surface area contributed by atoms with Gasteiger partial charge in [0.2, 0.25) is 5.91 Å². The van der Waals surface area contributed by atoms with Crippen LogP contribution in [-0.4, -0.2) is 25.2 Å². The van der Waals surface area contributed by atoms with E-state index < -0.39 is 29.7 Å². The Morgan fingerprint density at radius 3 is 2.31 bits per heavy atom. The van der Waals surface area contributed by atoms with E-state index in [9.17, 15) is 23.1 Å². The fraction of sp³-hybridized carbons (Fsp3) is 0.409. The molecule has 2 aromatic rings. The summed E-state index contributed by atoms with van der Waals surface area (Å²) in [6.07, 6.45) is -4.53. The van der Waals surface area contributed by atoms with Crippen LogP contribution in [-0.2, 0) is 11.0 Å². The van der Waals surface area contributed by atoms with Crippen LogP contribution < -0.4 is 9.64 Å². The van der Waals surface area contributed by atoms with Gasteiger partial charge in [0.25, 0.3) is 0 Å². The smallest absolute Gasteiger partial charge is 0.416 e. The first kappa shape index (κ1) is 22.7. The van der Waals surface area contributed by atoms with Crippen LogP contribution in [0.4, 0.5) is 18.9 Å². The van der Waals surface area contributed by atoms with Crippen molar-refractivity contribution < 1.29 is 27.8 Å². The maximum atomic E-state index is 13.4. The molecule has 0 unspecified atom stereocenters. The molecule has 0 aromatic heterocycles. The Bertz CT molecular complexity index is 806. The third-order valence-corrected chi connectivity index (χ3v) is 4.94. The lowest BCUT2D eigenvalue weighted by Crippen LogP contribution is -2.36. The van der Waals surface area contributed by atoms with Gasteiger partial charge in [-0.1, -0.05) is 38.0 Å². The van der Waals surface area contributed by atoms with Crippen LogP contribution in [0.1, 0.15) is 43.4 Å². The molecular weight excluding hydrogens is 383 g/mol. The molecule has 0 spiro atoms. The molecule has 2 rings (SSSR count). The minimum atomic E-state index is -4.61. The van der Waals surface area contributed by atoms with Crippen LogP contribution in [0.15, 0.2) is 48.5 Å². The first-order valence-corrected chi connectivity index (χ1v) is 9.46. The normalized spacial score (nSPS) is 13.6. The van der Waals surface area contributed by atoms with E-state index in [0.717, 1.165) is 12.5 Å². The van der Waals surface area contributed by atoms with Gasteiger partial charge in [-0.2, -0.15) is 13.2 Å². The molecule has 1 N–H and O–H groups in total. The van der Waals surface area contributed by atoms with E-state index in [-0.39, 0.29) is 12.0 Å². The topological polar surface area (TPSA) is 49.8 Å². The number of ether oxygens (including phenoxy) is 1. The molecule has 2 aromatic carbocycles. The largest absolute Gasteiger partial charge is 0.497 e.